The molecule has 0 atom stereocenters. The minimum atomic E-state index is -0.419. The maximum atomic E-state index is 12.8. The Kier molecular flexibility index (Phi) is 6.61. The van der Waals surface area contributed by atoms with E-state index in [-0.39, 0.29) is 24.2 Å². The van der Waals surface area contributed by atoms with Crippen LogP contribution >= 0.6 is 0 Å². The number of nitrogens with zero attached hydrogens (tertiary/aromatic N) is 2. The number of rotatable bonds is 6. The number of ether oxygens (including phenoxy) is 1. The number of benzene rings is 2. The minimum Gasteiger partial charge on any atom is -0.379 e. The summed E-state index contributed by atoms with van der Waals surface area (Å²) >= 11 is 0. The van der Waals surface area contributed by atoms with E-state index in [0.29, 0.717) is 23.1 Å². The Morgan fingerprint density at radius 3 is 2.28 bits per heavy atom. The summed E-state index contributed by atoms with van der Waals surface area (Å²) in [5.74, 6) is -1.16. The van der Waals surface area contributed by atoms with Crippen LogP contribution in [0.4, 0.5) is 0 Å². The van der Waals surface area contributed by atoms with Crippen molar-refractivity contribution < 1.29 is 23.4 Å². The van der Waals surface area contributed by atoms with Crippen molar-refractivity contribution in [3.63, 3.8) is 0 Å². The van der Waals surface area contributed by atoms with Crippen LogP contribution < -0.4 is 5.32 Å². The molecule has 0 radical (unpaired) electrons. The molecule has 2 aromatic rings. The topological polar surface area (TPSA) is 79.0 Å². The fraction of sp³-hybridized carbons (Fsp3) is 0.409. The van der Waals surface area contributed by atoms with Gasteiger partial charge in [-0.1, -0.05) is 31.7 Å². The highest BCUT2D eigenvalue weighted by atomic mass is 16.5. The molecule has 3 amide bonds. The van der Waals surface area contributed by atoms with Gasteiger partial charge in [0.15, 0.2) is 0 Å². The largest absolute Gasteiger partial charge is 0.379 e. The standard InChI is InChI=1S/C21H23N3O4.CH4.3H2/c25-18(22-8-3-9-23-10-12-28-13-11-23)14-24-20(26)16-6-1-4-15-5-2-7-17(19(15)16)21(24)27;;;;/h1-2,4-7H,3,8-14H2,(H,22,25);1H4;3*1H. The summed E-state index contributed by atoms with van der Waals surface area (Å²) in [6, 6.07) is 10.7. The first-order valence-electron chi connectivity index (χ1n) is 9.60. The van der Waals surface area contributed by atoms with E-state index in [0.717, 1.165) is 49.6 Å². The van der Waals surface area contributed by atoms with Crippen molar-refractivity contribution in [2.75, 3.05) is 45.9 Å². The van der Waals surface area contributed by atoms with Crippen molar-refractivity contribution in [3.05, 3.63) is 47.5 Å². The van der Waals surface area contributed by atoms with Gasteiger partial charge in [0.2, 0.25) is 5.91 Å². The van der Waals surface area contributed by atoms with E-state index in [1.165, 1.54) is 0 Å². The molecule has 0 saturated carbocycles. The van der Waals surface area contributed by atoms with E-state index < -0.39 is 11.8 Å². The zero-order valence-corrected chi connectivity index (χ0v) is 15.6. The zero-order valence-electron chi connectivity index (χ0n) is 15.6. The quantitative estimate of drug-likeness (QED) is 0.593. The van der Waals surface area contributed by atoms with Crippen LogP contribution in [-0.2, 0) is 9.53 Å². The summed E-state index contributed by atoms with van der Waals surface area (Å²) in [7, 11) is 0. The average molecular weight is 404 g/mol. The molecule has 2 aromatic carbocycles. The van der Waals surface area contributed by atoms with Crippen molar-refractivity contribution in [3.8, 4) is 0 Å². The molecule has 2 heterocycles. The van der Waals surface area contributed by atoms with Crippen molar-refractivity contribution in [1.29, 1.82) is 0 Å². The third kappa shape index (κ3) is 4.31. The van der Waals surface area contributed by atoms with Gasteiger partial charge in [0.1, 0.15) is 6.54 Å². The molecule has 2 aliphatic heterocycles. The number of nitrogens with one attached hydrogen (secondary N) is 1. The van der Waals surface area contributed by atoms with Gasteiger partial charge in [-0.3, -0.25) is 24.2 Å². The number of hydrogen-bond acceptors (Lipinski definition) is 5. The van der Waals surface area contributed by atoms with E-state index >= 15 is 0 Å². The molecular weight excluding hydrogens is 370 g/mol. The number of carbonyl (C=O) groups excluding carboxylic acids is 3. The number of hydrogen-bond donors (Lipinski definition) is 1. The molecular formula is C22H33N3O4. The molecule has 4 rings (SSSR count). The molecule has 1 fully saturated rings. The molecule has 1 N–H and O–H groups in total. The second kappa shape index (κ2) is 9.15. The maximum Gasteiger partial charge on any atom is 0.261 e. The highest BCUT2D eigenvalue weighted by molar-refractivity contribution is 6.26. The Morgan fingerprint density at radius 1 is 1.03 bits per heavy atom. The van der Waals surface area contributed by atoms with E-state index in [2.05, 4.69) is 10.2 Å². The van der Waals surface area contributed by atoms with Crippen LogP contribution in [0.2, 0.25) is 0 Å². The first kappa shape index (κ1) is 21.0. The van der Waals surface area contributed by atoms with E-state index in [9.17, 15) is 14.4 Å². The fourth-order valence-corrected chi connectivity index (χ4v) is 3.78. The molecule has 2 aliphatic rings. The van der Waals surface area contributed by atoms with Gasteiger partial charge in [-0.15, -0.1) is 0 Å². The van der Waals surface area contributed by atoms with Crippen molar-refractivity contribution >= 4 is 28.5 Å². The van der Waals surface area contributed by atoms with Crippen LogP contribution in [0.3, 0.4) is 0 Å². The third-order valence-electron chi connectivity index (χ3n) is 5.23. The predicted octanol–water partition coefficient (Wildman–Crippen LogP) is 2.65. The Morgan fingerprint density at radius 2 is 1.66 bits per heavy atom. The molecule has 0 unspecified atom stereocenters. The number of morpholine rings is 1. The summed E-state index contributed by atoms with van der Waals surface area (Å²) < 4.78 is 5.31. The van der Waals surface area contributed by atoms with Crippen LogP contribution in [0.5, 0.6) is 0 Å². The average Bonchev–Trinajstić information content (AvgIpc) is 2.73. The summed E-state index contributed by atoms with van der Waals surface area (Å²) in [6.07, 6.45) is 0.815. The van der Waals surface area contributed by atoms with Gasteiger partial charge >= 0.3 is 0 Å². The van der Waals surface area contributed by atoms with Crippen LogP contribution in [-0.4, -0.2) is 73.5 Å². The van der Waals surface area contributed by atoms with Gasteiger partial charge < -0.3 is 10.1 Å². The molecule has 29 heavy (non-hydrogen) atoms. The second-order valence-corrected chi connectivity index (χ2v) is 7.06. The third-order valence-corrected chi connectivity index (χ3v) is 5.23. The Labute approximate surface area is 175 Å². The number of imide groups is 1. The van der Waals surface area contributed by atoms with Crippen LogP contribution in [0.25, 0.3) is 10.8 Å². The van der Waals surface area contributed by atoms with Crippen molar-refractivity contribution in [2.24, 2.45) is 0 Å². The van der Waals surface area contributed by atoms with Crippen molar-refractivity contribution in [1.82, 2.24) is 15.1 Å². The van der Waals surface area contributed by atoms with Crippen LogP contribution in [0.1, 0.15) is 38.8 Å². The summed E-state index contributed by atoms with van der Waals surface area (Å²) in [4.78, 5) is 41.2. The second-order valence-electron chi connectivity index (χ2n) is 7.06. The van der Waals surface area contributed by atoms with Gasteiger partial charge in [0.25, 0.3) is 11.8 Å². The summed E-state index contributed by atoms with van der Waals surface area (Å²) in [6.45, 7) is 4.46. The Bertz CT molecular complexity index is 885. The number of amides is 3. The summed E-state index contributed by atoms with van der Waals surface area (Å²) in [5, 5.41) is 4.34. The summed E-state index contributed by atoms with van der Waals surface area (Å²) in [5.41, 5.74) is 0.931. The molecule has 7 heteroatoms. The van der Waals surface area contributed by atoms with Crippen LogP contribution in [0.15, 0.2) is 36.4 Å². The lowest BCUT2D eigenvalue weighted by Crippen LogP contribution is -2.46. The van der Waals surface area contributed by atoms with Gasteiger partial charge in [0, 0.05) is 40.4 Å². The number of carbonyl (C=O) groups is 3. The highest BCUT2D eigenvalue weighted by Gasteiger charge is 2.33. The fourth-order valence-electron chi connectivity index (χ4n) is 3.78. The Balaban J connectivity index is 0.00000240. The molecule has 1 saturated heterocycles. The maximum absolute atomic E-state index is 12.8. The first-order chi connectivity index (χ1) is 13.6. The molecule has 0 aliphatic carbocycles. The lowest BCUT2D eigenvalue weighted by molar-refractivity contribution is -0.121. The lowest BCUT2D eigenvalue weighted by Gasteiger charge is -2.27. The molecule has 0 spiro atoms. The van der Waals surface area contributed by atoms with E-state index in [1.54, 1.807) is 24.3 Å². The smallest absolute Gasteiger partial charge is 0.261 e. The van der Waals surface area contributed by atoms with Gasteiger partial charge in [0.05, 0.1) is 13.2 Å². The van der Waals surface area contributed by atoms with Gasteiger partial charge in [-0.25, -0.2) is 0 Å². The normalized spacial score (nSPS) is 16.6. The molecule has 7 nitrogen and oxygen atoms in total. The molecule has 160 valence electrons. The molecule has 0 aromatic heterocycles. The monoisotopic (exact) mass is 403 g/mol. The molecule has 0 bridgehead atoms. The van der Waals surface area contributed by atoms with E-state index in [1.807, 2.05) is 12.1 Å². The van der Waals surface area contributed by atoms with E-state index in [4.69, 9.17) is 4.74 Å². The lowest BCUT2D eigenvalue weighted by atomic mass is 9.94. The Hall–Kier alpha value is -2.77. The first-order valence-corrected chi connectivity index (χ1v) is 9.60. The van der Waals surface area contributed by atoms with Crippen molar-refractivity contribution in [2.45, 2.75) is 13.8 Å². The predicted molar refractivity (Wildman–Crippen MR) is 117 cm³/mol. The minimum absolute atomic E-state index is 0. The zero-order chi connectivity index (χ0) is 19.5. The van der Waals surface area contributed by atoms with Gasteiger partial charge in [-0.2, -0.15) is 0 Å². The highest BCUT2D eigenvalue weighted by Crippen LogP contribution is 2.29. The van der Waals surface area contributed by atoms with Crippen LogP contribution in [0, 0.1) is 0 Å². The SMILES string of the molecule is C.O=C(CN1C(=O)c2cccc3cccc(c23)C1=O)NCCCN1CCOCC1.[HH].[HH].[HH]. The van der Waals surface area contributed by atoms with Gasteiger partial charge in [-0.05, 0) is 30.5 Å².